The quantitative estimate of drug-likeness (QED) is 0.382. The van der Waals surface area contributed by atoms with Gasteiger partial charge in [-0.15, -0.1) is 0 Å². The molecule has 0 saturated heterocycles. The lowest BCUT2D eigenvalue weighted by Gasteiger charge is -2.15. The third kappa shape index (κ3) is 30.2. The molecule has 0 saturated carbocycles. The summed E-state index contributed by atoms with van der Waals surface area (Å²) in [4.78, 5) is 19.7. The summed E-state index contributed by atoms with van der Waals surface area (Å²) in [6.45, 7) is 0. The molecule has 31 heavy (non-hydrogen) atoms. The number of carbonyl (C=O) groups excluding carboxylic acids is 2. The van der Waals surface area contributed by atoms with Gasteiger partial charge in [0.2, 0.25) is 0 Å². The van der Waals surface area contributed by atoms with Crippen LogP contribution < -0.4 is 10.2 Å². The first-order valence-electron chi connectivity index (χ1n) is 9.13. The van der Waals surface area contributed by atoms with Crippen molar-refractivity contribution in [2.45, 2.75) is 4.90 Å². The Morgan fingerprint density at radius 2 is 0.968 bits per heavy atom. The van der Waals surface area contributed by atoms with Crippen LogP contribution in [-0.2, 0) is 10.1 Å². The van der Waals surface area contributed by atoms with E-state index in [2.05, 4.69) is 84.6 Å². The third-order valence-electron chi connectivity index (χ3n) is 1.71. The topological polar surface area (TPSA) is 137 Å². The number of rotatable bonds is 3. The van der Waals surface area contributed by atoms with E-state index >= 15 is 0 Å². The number of quaternary nitrogens is 3. The zero-order valence-electron chi connectivity index (χ0n) is 20.8. The molecule has 10 nitrogen and oxygen atoms in total. The number of benzene rings is 1. The second-order valence-electron chi connectivity index (χ2n) is 10.8. The van der Waals surface area contributed by atoms with Gasteiger partial charge in [-0.25, -0.2) is 8.42 Å². The maximum absolute atomic E-state index is 10.7. The zero-order valence-corrected chi connectivity index (χ0v) is 21.7. The largest absolute Gasteiger partial charge is 0.744 e. The van der Waals surface area contributed by atoms with E-state index in [0.717, 1.165) is 19.5 Å². The number of carboxylic acids is 2. The first kappa shape index (κ1) is 33.6. The molecule has 0 radical (unpaired) electrons. The van der Waals surface area contributed by atoms with Crippen LogP contribution in [0.15, 0.2) is 23.1 Å². The molecule has 0 spiro atoms. The van der Waals surface area contributed by atoms with E-state index in [1.54, 1.807) is 0 Å². The lowest BCUT2D eigenvalue weighted by molar-refractivity contribution is -0.849. The molecule has 0 unspecified atom stereocenters. The number of hydrogen-bond acceptors (Lipinski definition) is 7. The van der Waals surface area contributed by atoms with Crippen LogP contribution in [-0.4, -0.2) is 123 Å². The molecule has 0 aliphatic carbocycles. The molecule has 0 bridgehead atoms. The highest BCUT2D eigenvalue weighted by Gasteiger charge is 2.11. The molecular weight excluding hydrogens is 426 g/mol. The normalized spacial score (nSPS) is 11.5. The maximum Gasteiger partial charge on any atom is 0.125 e. The van der Waals surface area contributed by atoms with Crippen molar-refractivity contribution in [3.63, 3.8) is 0 Å². The van der Waals surface area contributed by atoms with E-state index in [-0.39, 0.29) is 0 Å². The Kier molecular flexibility index (Phi) is 13.8. The number of carboxylic acid groups (broad SMARTS) is 2. The summed E-state index contributed by atoms with van der Waals surface area (Å²) in [6.07, 6.45) is 0. The lowest BCUT2D eigenvalue weighted by atomic mass is 10.1. The van der Waals surface area contributed by atoms with Crippen molar-refractivity contribution in [1.82, 2.24) is 0 Å². The van der Waals surface area contributed by atoms with Crippen LogP contribution in [0.1, 0.15) is 20.7 Å². The second kappa shape index (κ2) is 12.7. The van der Waals surface area contributed by atoms with Crippen molar-refractivity contribution in [3.8, 4) is 0 Å². The van der Waals surface area contributed by atoms with E-state index in [1.165, 1.54) is 0 Å². The van der Waals surface area contributed by atoms with Crippen molar-refractivity contribution in [2.24, 2.45) is 0 Å². The second-order valence-corrected chi connectivity index (χ2v) is 12.1. The highest BCUT2D eigenvalue weighted by molar-refractivity contribution is 7.85. The highest BCUT2D eigenvalue weighted by atomic mass is 32.2. The summed E-state index contributed by atoms with van der Waals surface area (Å²) < 4.78 is 35.0. The van der Waals surface area contributed by atoms with Gasteiger partial charge in [0.15, 0.2) is 0 Å². The van der Waals surface area contributed by atoms with Gasteiger partial charge in [-0.05, 0) is 11.6 Å². The van der Waals surface area contributed by atoms with Crippen molar-refractivity contribution in [2.75, 3.05) is 84.6 Å². The van der Waals surface area contributed by atoms with Gasteiger partial charge < -0.3 is 37.8 Å². The zero-order chi connectivity index (χ0) is 26.0. The Morgan fingerprint density at radius 1 is 0.677 bits per heavy atom. The van der Waals surface area contributed by atoms with Gasteiger partial charge in [0, 0.05) is 5.56 Å². The average molecular weight is 466 g/mol. The molecule has 1 rings (SSSR count). The minimum absolute atomic E-state index is 0.419. The Hall–Kier alpha value is -2.05. The third-order valence-corrected chi connectivity index (χ3v) is 2.58. The summed E-state index contributed by atoms with van der Waals surface area (Å²) >= 11 is 0. The molecule has 0 atom stereocenters. The predicted molar refractivity (Wildman–Crippen MR) is 115 cm³/mol. The van der Waals surface area contributed by atoms with Gasteiger partial charge in [0.1, 0.15) is 10.1 Å². The predicted octanol–water partition coefficient (Wildman–Crippen LogP) is -1.72. The van der Waals surface area contributed by atoms with Crippen LogP contribution in [0.2, 0.25) is 0 Å². The minimum atomic E-state index is -5.10. The van der Waals surface area contributed by atoms with Crippen LogP contribution in [0, 0.1) is 0 Å². The average Bonchev–Trinajstić information content (AvgIpc) is 2.40. The summed E-state index contributed by atoms with van der Waals surface area (Å²) in [5.41, 5.74) is -1.50. The summed E-state index contributed by atoms with van der Waals surface area (Å²) in [7, 11) is 20.4. The van der Waals surface area contributed by atoms with Gasteiger partial charge in [0.05, 0.1) is 101 Å². The SMILES string of the molecule is C[N+](C)(C)C.C[N+](C)(C)C.C[N+](C)(C)C.O=C([O-])c1ccc(C(=O)[O-])c(S(=O)(=O)[O-])c1. The molecule has 1 aromatic carbocycles. The molecule has 11 heteroatoms. The first-order valence-corrected chi connectivity index (χ1v) is 10.5. The lowest BCUT2D eigenvalue weighted by Crippen LogP contribution is -2.27. The maximum atomic E-state index is 10.7. The van der Waals surface area contributed by atoms with Crippen LogP contribution >= 0.6 is 0 Å². The molecule has 0 aliphatic rings. The molecule has 0 aliphatic heterocycles. The fourth-order valence-corrected chi connectivity index (χ4v) is 1.72. The number of hydrogen-bond donors (Lipinski definition) is 0. The van der Waals surface area contributed by atoms with Crippen LogP contribution in [0.4, 0.5) is 0 Å². The van der Waals surface area contributed by atoms with E-state index in [4.69, 9.17) is 0 Å². The molecule has 0 amide bonds. The molecule has 1 aromatic rings. The van der Waals surface area contributed by atoms with E-state index < -0.39 is 38.1 Å². The van der Waals surface area contributed by atoms with Gasteiger partial charge in [-0.3, -0.25) is 0 Å². The standard InChI is InChI=1S/C8H6O7S.3C4H12N/c9-7(10)4-1-2-5(8(11)12)6(3-4)16(13,14)15;3*1-5(2,3)4/h1-3H,(H,9,10)(H,11,12)(H,13,14,15);3*1-4H3/q;3*+1/p-3. The van der Waals surface area contributed by atoms with Gasteiger partial charge in [-0.2, -0.15) is 0 Å². The Bertz CT molecular complexity index is 770. The van der Waals surface area contributed by atoms with Gasteiger partial charge in [-0.1, -0.05) is 12.1 Å². The molecular formula is C20H39N3O7S. The van der Waals surface area contributed by atoms with Crippen molar-refractivity contribution >= 4 is 22.1 Å². The number of carbonyl (C=O) groups is 2. The van der Waals surface area contributed by atoms with Gasteiger partial charge >= 0.3 is 0 Å². The fourth-order valence-electron chi connectivity index (χ4n) is 1.02. The Balaban J connectivity index is -0.000000428. The molecule has 0 fully saturated rings. The number of nitrogens with zero attached hydrogens (tertiary/aromatic N) is 3. The summed E-state index contributed by atoms with van der Waals surface area (Å²) in [5.74, 6) is -3.62. The fraction of sp³-hybridized carbons (Fsp3) is 0.600. The smallest absolute Gasteiger partial charge is 0.125 e. The van der Waals surface area contributed by atoms with Gasteiger partial charge in [0.25, 0.3) is 0 Å². The molecule has 0 heterocycles. The van der Waals surface area contributed by atoms with E-state index in [0.29, 0.717) is 12.1 Å². The van der Waals surface area contributed by atoms with Crippen molar-refractivity contribution in [1.29, 1.82) is 0 Å². The molecule has 182 valence electrons. The van der Waals surface area contributed by atoms with Crippen LogP contribution in [0.5, 0.6) is 0 Å². The summed E-state index contributed by atoms with van der Waals surface area (Å²) in [5, 5.41) is 20.9. The van der Waals surface area contributed by atoms with Crippen molar-refractivity contribution < 1.29 is 46.2 Å². The highest BCUT2D eigenvalue weighted by Crippen LogP contribution is 2.16. The molecule has 0 N–H and O–H groups in total. The first-order chi connectivity index (χ1) is 13.2. The van der Waals surface area contributed by atoms with Crippen LogP contribution in [0.25, 0.3) is 0 Å². The Labute approximate surface area is 187 Å². The van der Waals surface area contributed by atoms with E-state index in [1.807, 2.05) is 0 Å². The van der Waals surface area contributed by atoms with Crippen LogP contribution in [0.3, 0.4) is 0 Å². The summed E-state index contributed by atoms with van der Waals surface area (Å²) in [6, 6.07) is 1.88. The molecule has 0 aromatic heterocycles. The number of aromatic carboxylic acids is 2. The minimum Gasteiger partial charge on any atom is -0.744 e. The van der Waals surface area contributed by atoms with E-state index in [9.17, 15) is 32.8 Å². The van der Waals surface area contributed by atoms with Crippen molar-refractivity contribution in [3.05, 3.63) is 29.3 Å². The monoisotopic (exact) mass is 465 g/mol. The Morgan fingerprint density at radius 3 is 1.16 bits per heavy atom.